The zero-order chi connectivity index (χ0) is 24.2. The van der Waals surface area contributed by atoms with Crippen LogP contribution in [0.2, 0.25) is 5.02 Å². The molecule has 0 spiro atoms. The number of hydrogen-bond acceptors (Lipinski definition) is 6. The van der Waals surface area contributed by atoms with Crippen molar-refractivity contribution in [3.63, 3.8) is 0 Å². The lowest BCUT2D eigenvalue weighted by Crippen LogP contribution is -2.36. The number of aliphatic hydroxyl groups excluding tert-OH is 1. The van der Waals surface area contributed by atoms with Crippen LogP contribution in [0.3, 0.4) is 0 Å². The second-order valence-electron chi connectivity index (χ2n) is 8.17. The number of halogens is 1. The smallest absolute Gasteiger partial charge is 0.295 e. The Labute approximate surface area is 203 Å². The van der Waals surface area contributed by atoms with E-state index in [1.807, 2.05) is 26.0 Å². The Bertz CT molecular complexity index is 1090. The molecule has 2 aliphatic heterocycles. The SMILES string of the molecule is CCOc1ccc(C2/C(=C(/O)c3ccc(Cl)c(OCC)c3)C(=O)C(=O)N2CC2CCCO2)cc1. The monoisotopic (exact) mass is 485 g/mol. The third-order valence-corrected chi connectivity index (χ3v) is 6.29. The molecular formula is C26H28ClNO6. The molecule has 2 unspecified atom stereocenters. The van der Waals surface area contributed by atoms with Gasteiger partial charge in [-0.25, -0.2) is 0 Å². The van der Waals surface area contributed by atoms with Gasteiger partial charge in [0, 0.05) is 18.7 Å². The number of likely N-dealkylation sites (tertiary alicyclic amines) is 1. The molecule has 2 aromatic rings. The van der Waals surface area contributed by atoms with E-state index in [0.717, 1.165) is 12.8 Å². The van der Waals surface area contributed by atoms with E-state index in [9.17, 15) is 14.7 Å². The third-order valence-electron chi connectivity index (χ3n) is 5.98. The van der Waals surface area contributed by atoms with Crippen molar-refractivity contribution in [2.45, 2.75) is 38.8 Å². The van der Waals surface area contributed by atoms with E-state index in [2.05, 4.69) is 0 Å². The van der Waals surface area contributed by atoms with Gasteiger partial charge < -0.3 is 24.2 Å². The molecule has 1 N–H and O–H groups in total. The second-order valence-corrected chi connectivity index (χ2v) is 8.57. The van der Waals surface area contributed by atoms with Crippen LogP contribution in [-0.4, -0.2) is 54.2 Å². The molecule has 0 bridgehead atoms. The fourth-order valence-corrected chi connectivity index (χ4v) is 4.58. The van der Waals surface area contributed by atoms with Gasteiger partial charge >= 0.3 is 0 Å². The van der Waals surface area contributed by atoms with Crippen LogP contribution < -0.4 is 9.47 Å². The minimum atomic E-state index is -0.758. The number of ketones is 1. The molecule has 0 radical (unpaired) electrons. The number of rotatable bonds is 8. The molecular weight excluding hydrogens is 458 g/mol. The molecule has 1 amide bonds. The van der Waals surface area contributed by atoms with Gasteiger partial charge in [0.25, 0.3) is 11.7 Å². The number of carbonyl (C=O) groups is 2. The van der Waals surface area contributed by atoms with Gasteiger partial charge in [-0.05, 0) is 62.6 Å². The molecule has 180 valence electrons. The number of amides is 1. The van der Waals surface area contributed by atoms with E-state index >= 15 is 0 Å². The molecule has 7 nitrogen and oxygen atoms in total. The molecule has 0 saturated carbocycles. The molecule has 34 heavy (non-hydrogen) atoms. The summed E-state index contributed by atoms with van der Waals surface area (Å²) in [4.78, 5) is 27.8. The predicted molar refractivity (Wildman–Crippen MR) is 128 cm³/mol. The van der Waals surface area contributed by atoms with E-state index in [-0.39, 0.29) is 24.0 Å². The highest BCUT2D eigenvalue weighted by atomic mass is 35.5. The number of ether oxygens (including phenoxy) is 3. The highest BCUT2D eigenvalue weighted by molar-refractivity contribution is 6.46. The molecule has 2 atom stereocenters. The molecule has 2 saturated heterocycles. The third kappa shape index (κ3) is 4.76. The fourth-order valence-electron chi connectivity index (χ4n) is 4.41. The van der Waals surface area contributed by atoms with Crippen molar-refractivity contribution >= 4 is 29.1 Å². The zero-order valence-electron chi connectivity index (χ0n) is 19.3. The maximum Gasteiger partial charge on any atom is 0.295 e. The lowest BCUT2D eigenvalue weighted by Gasteiger charge is -2.27. The summed E-state index contributed by atoms with van der Waals surface area (Å²) in [6.45, 7) is 5.53. The van der Waals surface area contributed by atoms with Crippen molar-refractivity contribution in [2.24, 2.45) is 0 Å². The Balaban J connectivity index is 1.80. The minimum Gasteiger partial charge on any atom is -0.507 e. The fraction of sp³-hybridized carbons (Fsp3) is 0.385. The van der Waals surface area contributed by atoms with Crippen molar-refractivity contribution in [1.82, 2.24) is 4.90 Å². The first-order valence-electron chi connectivity index (χ1n) is 11.5. The molecule has 4 rings (SSSR count). The Morgan fingerprint density at radius 2 is 1.85 bits per heavy atom. The van der Waals surface area contributed by atoms with Gasteiger partial charge in [-0.3, -0.25) is 9.59 Å². The summed E-state index contributed by atoms with van der Waals surface area (Å²) in [5.74, 6) is -0.595. The lowest BCUT2D eigenvalue weighted by atomic mass is 9.95. The van der Waals surface area contributed by atoms with Gasteiger partial charge in [-0.15, -0.1) is 0 Å². The molecule has 8 heteroatoms. The number of nitrogens with zero attached hydrogens (tertiary/aromatic N) is 1. The van der Waals surface area contributed by atoms with Crippen LogP contribution in [0.5, 0.6) is 11.5 Å². The van der Waals surface area contributed by atoms with Crippen molar-refractivity contribution in [3.05, 3.63) is 64.2 Å². The first kappa shape index (κ1) is 24.1. The molecule has 2 aromatic carbocycles. The van der Waals surface area contributed by atoms with Gasteiger partial charge in [0.2, 0.25) is 0 Å². The van der Waals surface area contributed by atoms with Crippen LogP contribution in [0.1, 0.15) is 43.9 Å². The Kier molecular flexibility index (Phi) is 7.44. The Morgan fingerprint density at radius 1 is 1.12 bits per heavy atom. The summed E-state index contributed by atoms with van der Waals surface area (Å²) in [5.41, 5.74) is 1.07. The maximum absolute atomic E-state index is 13.2. The highest BCUT2D eigenvalue weighted by Crippen LogP contribution is 2.41. The van der Waals surface area contributed by atoms with Crippen molar-refractivity contribution < 1.29 is 28.9 Å². The average molecular weight is 486 g/mol. The number of hydrogen-bond donors (Lipinski definition) is 1. The average Bonchev–Trinajstić information content (AvgIpc) is 3.43. The number of aliphatic hydroxyl groups is 1. The number of Topliss-reactive ketones (excluding diaryl/α,β-unsaturated/α-hetero) is 1. The lowest BCUT2D eigenvalue weighted by molar-refractivity contribution is -0.140. The van der Waals surface area contributed by atoms with E-state index < -0.39 is 17.7 Å². The molecule has 0 aromatic heterocycles. The molecule has 0 aliphatic carbocycles. The summed E-state index contributed by atoms with van der Waals surface area (Å²) in [7, 11) is 0. The standard InChI is InChI=1S/C26H28ClNO6/c1-3-32-18-10-7-16(8-11-18)23-22(24(29)17-9-12-20(27)21(14-17)33-4-2)25(30)26(31)28(23)15-19-6-5-13-34-19/h7-12,14,19,23,29H,3-6,13,15H2,1-2H3/b24-22-. The first-order chi connectivity index (χ1) is 16.4. The van der Waals surface area contributed by atoms with E-state index in [0.29, 0.717) is 47.5 Å². The van der Waals surface area contributed by atoms with Crippen molar-refractivity contribution in [2.75, 3.05) is 26.4 Å². The molecule has 2 fully saturated rings. The van der Waals surface area contributed by atoms with Crippen LogP contribution >= 0.6 is 11.6 Å². The second kappa shape index (κ2) is 10.5. The number of benzene rings is 2. The highest BCUT2D eigenvalue weighted by Gasteiger charge is 2.47. The van der Waals surface area contributed by atoms with E-state index in [1.165, 1.54) is 4.90 Å². The van der Waals surface area contributed by atoms with Crippen LogP contribution in [0.25, 0.3) is 5.76 Å². The van der Waals surface area contributed by atoms with Crippen molar-refractivity contribution in [1.29, 1.82) is 0 Å². The normalized spacial score (nSPS) is 21.8. The largest absolute Gasteiger partial charge is 0.507 e. The van der Waals surface area contributed by atoms with Crippen LogP contribution in [-0.2, 0) is 14.3 Å². The van der Waals surface area contributed by atoms with Gasteiger partial charge in [-0.1, -0.05) is 23.7 Å². The van der Waals surface area contributed by atoms with Gasteiger partial charge in [-0.2, -0.15) is 0 Å². The topological polar surface area (TPSA) is 85.3 Å². The molecule has 2 aliphatic rings. The summed E-state index contributed by atoms with van der Waals surface area (Å²) >= 11 is 6.20. The number of carbonyl (C=O) groups excluding carboxylic acids is 2. The zero-order valence-corrected chi connectivity index (χ0v) is 20.0. The van der Waals surface area contributed by atoms with Gasteiger partial charge in [0.1, 0.15) is 17.3 Å². The Hall–Kier alpha value is -3.03. The van der Waals surface area contributed by atoms with Crippen LogP contribution in [0.15, 0.2) is 48.0 Å². The van der Waals surface area contributed by atoms with Gasteiger partial charge in [0.05, 0.1) is 36.0 Å². The molecule has 2 heterocycles. The summed E-state index contributed by atoms with van der Waals surface area (Å²) in [6, 6.07) is 11.2. The quantitative estimate of drug-likeness (QED) is 0.330. The van der Waals surface area contributed by atoms with Crippen LogP contribution in [0.4, 0.5) is 0 Å². The van der Waals surface area contributed by atoms with E-state index in [1.54, 1.807) is 30.3 Å². The summed E-state index contributed by atoms with van der Waals surface area (Å²) in [5, 5.41) is 11.7. The Morgan fingerprint density at radius 3 is 2.50 bits per heavy atom. The summed E-state index contributed by atoms with van der Waals surface area (Å²) < 4.78 is 16.8. The minimum absolute atomic E-state index is 0.0249. The predicted octanol–water partition coefficient (Wildman–Crippen LogP) is 4.74. The maximum atomic E-state index is 13.2. The van der Waals surface area contributed by atoms with E-state index in [4.69, 9.17) is 25.8 Å². The van der Waals surface area contributed by atoms with Crippen LogP contribution in [0, 0.1) is 0 Å². The van der Waals surface area contributed by atoms with Crippen molar-refractivity contribution in [3.8, 4) is 11.5 Å². The summed E-state index contributed by atoms with van der Waals surface area (Å²) in [6.07, 6.45) is 1.57. The first-order valence-corrected chi connectivity index (χ1v) is 11.9. The van der Waals surface area contributed by atoms with Gasteiger partial charge in [0.15, 0.2) is 0 Å².